The van der Waals surface area contributed by atoms with Crippen LogP contribution in [0.2, 0.25) is 0 Å². The quantitative estimate of drug-likeness (QED) is 0.788. The van der Waals surface area contributed by atoms with Crippen LogP contribution in [0, 0.1) is 0 Å². The van der Waals surface area contributed by atoms with Gasteiger partial charge in [0.25, 0.3) is 0 Å². The summed E-state index contributed by atoms with van der Waals surface area (Å²) in [5.74, 6) is 0. The van der Waals surface area contributed by atoms with Crippen molar-refractivity contribution in [2.45, 2.75) is 18.9 Å². The summed E-state index contributed by atoms with van der Waals surface area (Å²) >= 11 is 0. The molecular formula is C21H26ClNO. The van der Waals surface area contributed by atoms with E-state index < -0.39 is 0 Å². The van der Waals surface area contributed by atoms with Gasteiger partial charge in [0.15, 0.2) is 0 Å². The van der Waals surface area contributed by atoms with Crippen molar-refractivity contribution in [2.24, 2.45) is 0 Å². The highest BCUT2D eigenvalue weighted by Gasteiger charge is 2.18. The summed E-state index contributed by atoms with van der Waals surface area (Å²) in [6, 6.07) is 21.3. The van der Waals surface area contributed by atoms with Crippen LogP contribution in [0.15, 0.2) is 66.7 Å². The first-order valence-electron chi connectivity index (χ1n) is 8.52. The van der Waals surface area contributed by atoms with E-state index in [1.807, 2.05) is 7.11 Å². The average molecular weight is 344 g/mol. The Labute approximate surface area is 151 Å². The molecule has 0 amide bonds. The maximum absolute atomic E-state index is 5.69. The number of methoxy groups -OCH3 is 1. The van der Waals surface area contributed by atoms with Crippen LogP contribution < -0.4 is 17.3 Å². The molecular weight excluding hydrogens is 318 g/mol. The van der Waals surface area contributed by atoms with Gasteiger partial charge in [0, 0.05) is 20.0 Å². The highest BCUT2D eigenvalue weighted by Crippen LogP contribution is 2.20. The van der Waals surface area contributed by atoms with Crippen molar-refractivity contribution in [1.29, 1.82) is 0 Å². The Morgan fingerprint density at radius 3 is 2.25 bits per heavy atom. The summed E-state index contributed by atoms with van der Waals surface area (Å²) in [5.41, 5.74) is 4.17. The fourth-order valence-electron chi connectivity index (χ4n) is 3.35. The monoisotopic (exact) mass is 343 g/mol. The third kappa shape index (κ3) is 4.94. The minimum Gasteiger partial charge on any atom is -1.00 e. The molecule has 0 spiro atoms. The van der Waals surface area contributed by atoms with Gasteiger partial charge in [0.1, 0.15) is 0 Å². The van der Waals surface area contributed by atoms with E-state index in [0.717, 1.165) is 19.5 Å². The van der Waals surface area contributed by atoms with Crippen molar-refractivity contribution in [3.8, 4) is 0 Å². The summed E-state index contributed by atoms with van der Waals surface area (Å²) in [4.78, 5) is 1.66. The number of hydrogen-bond acceptors (Lipinski definition) is 1. The fourth-order valence-corrected chi connectivity index (χ4v) is 3.35. The molecule has 1 heterocycles. The number of ether oxygens (including phenoxy) is 1. The van der Waals surface area contributed by atoms with Crippen molar-refractivity contribution >= 4 is 5.57 Å². The van der Waals surface area contributed by atoms with Gasteiger partial charge in [-0.05, 0) is 22.8 Å². The molecule has 0 aliphatic carbocycles. The van der Waals surface area contributed by atoms with E-state index >= 15 is 0 Å². The van der Waals surface area contributed by atoms with Gasteiger partial charge in [-0.3, -0.25) is 0 Å². The van der Waals surface area contributed by atoms with E-state index in [0.29, 0.717) is 0 Å². The summed E-state index contributed by atoms with van der Waals surface area (Å²) < 4.78 is 5.69. The second kappa shape index (κ2) is 9.63. The molecule has 3 heteroatoms. The Bertz CT molecular complexity index is 627. The molecule has 2 aromatic rings. The Morgan fingerprint density at radius 2 is 1.67 bits per heavy atom. The molecule has 2 unspecified atom stereocenters. The topological polar surface area (TPSA) is 13.7 Å². The van der Waals surface area contributed by atoms with E-state index in [9.17, 15) is 0 Å². The predicted molar refractivity (Wildman–Crippen MR) is 95.4 cm³/mol. The number of hydrogen-bond donors (Lipinski definition) is 1. The van der Waals surface area contributed by atoms with Gasteiger partial charge in [-0.2, -0.15) is 0 Å². The minimum atomic E-state index is 0. The molecule has 0 fully saturated rings. The highest BCUT2D eigenvalue weighted by atomic mass is 35.5. The van der Waals surface area contributed by atoms with Gasteiger partial charge in [0.05, 0.1) is 25.7 Å². The van der Waals surface area contributed by atoms with Crippen molar-refractivity contribution < 1.29 is 22.0 Å². The molecule has 0 aromatic heterocycles. The second-order valence-electron chi connectivity index (χ2n) is 6.22. The van der Waals surface area contributed by atoms with Crippen LogP contribution in [0.25, 0.3) is 5.57 Å². The molecule has 0 bridgehead atoms. The molecule has 2 nitrogen and oxygen atoms in total. The van der Waals surface area contributed by atoms with E-state index in [2.05, 4.69) is 66.7 Å². The normalized spacial score (nSPS) is 18.4. The molecule has 24 heavy (non-hydrogen) atoms. The van der Waals surface area contributed by atoms with Crippen LogP contribution in [0.3, 0.4) is 0 Å². The Hall–Kier alpha value is -1.61. The van der Waals surface area contributed by atoms with Crippen LogP contribution in [-0.4, -0.2) is 26.7 Å². The lowest BCUT2D eigenvalue weighted by Gasteiger charge is -2.25. The second-order valence-corrected chi connectivity index (χ2v) is 6.22. The zero-order chi connectivity index (χ0) is 15.9. The number of quaternary nitrogens is 1. The predicted octanol–water partition coefficient (Wildman–Crippen LogP) is 0.140. The molecule has 1 aliphatic heterocycles. The van der Waals surface area contributed by atoms with Crippen LogP contribution in [-0.2, 0) is 4.74 Å². The van der Waals surface area contributed by atoms with E-state index in [4.69, 9.17) is 4.74 Å². The van der Waals surface area contributed by atoms with Gasteiger partial charge in [0.2, 0.25) is 0 Å². The number of nitrogens with one attached hydrogen (secondary N) is 1. The molecule has 2 aromatic carbocycles. The number of halogens is 1. The number of rotatable bonds is 6. The Morgan fingerprint density at radius 1 is 1.00 bits per heavy atom. The van der Waals surface area contributed by atoms with E-state index in [1.54, 1.807) is 4.90 Å². The smallest absolute Gasteiger partial charge is 0.0964 e. The lowest BCUT2D eigenvalue weighted by atomic mass is 9.99. The SMILES string of the molecule is COC(CC[NH+]1CC=C(c2ccccc2)CC1)c1ccccc1.[Cl-]. The van der Waals surface area contributed by atoms with Crippen LogP contribution in [0.1, 0.15) is 30.1 Å². The molecule has 2 atom stereocenters. The van der Waals surface area contributed by atoms with Gasteiger partial charge < -0.3 is 22.0 Å². The molecule has 0 radical (unpaired) electrons. The van der Waals surface area contributed by atoms with Gasteiger partial charge >= 0.3 is 0 Å². The molecule has 1 aliphatic rings. The first-order valence-corrected chi connectivity index (χ1v) is 8.52. The molecule has 3 rings (SSSR count). The van der Waals surface area contributed by atoms with Gasteiger partial charge in [-0.25, -0.2) is 0 Å². The summed E-state index contributed by atoms with van der Waals surface area (Å²) in [7, 11) is 1.82. The maximum Gasteiger partial charge on any atom is 0.0964 e. The van der Waals surface area contributed by atoms with Crippen LogP contribution in [0.4, 0.5) is 0 Å². The lowest BCUT2D eigenvalue weighted by Crippen LogP contribution is -3.12. The molecule has 1 N–H and O–H groups in total. The average Bonchev–Trinajstić information content (AvgIpc) is 2.64. The first-order chi connectivity index (χ1) is 11.4. The third-order valence-corrected chi connectivity index (χ3v) is 4.75. The van der Waals surface area contributed by atoms with Crippen molar-refractivity contribution in [1.82, 2.24) is 0 Å². The number of benzene rings is 2. The van der Waals surface area contributed by atoms with Crippen molar-refractivity contribution in [3.05, 3.63) is 77.9 Å². The van der Waals surface area contributed by atoms with Crippen molar-refractivity contribution in [3.63, 3.8) is 0 Å². The third-order valence-electron chi connectivity index (χ3n) is 4.75. The largest absolute Gasteiger partial charge is 1.00 e. The standard InChI is InChI=1S/C21H25NO.ClH/c1-23-21(20-10-6-3-7-11-20)14-17-22-15-12-19(13-16-22)18-8-4-2-5-9-18;/h2-12,21H,13-17H2,1H3;1H. The summed E-state index contributed by atoms with van der Waals surface area (Å²) in [6.45, 7) is 3.49. The molecule has 128 valence electrons. The van der Waals surface area contributed by atoms with Gasteiger partial charge in [-0.15, -0.1) is 0 Å². The zero-order valence-corrected chi connectivity index (χ0v) is 15.0. The first kappa shape index (κ1) is 18.7. The van der Waals surface area contributed by atoms with E-state index in [-0.39, 0.29) is 18.5 Å². The van der Waals surface area contributed by atoms with Crippen LogP contribution in [0.5, 0.6) is 0 Å². The summed E-state index contributed by atoms with van der Waals surface area (Å²) in [6.07, 6.45) is 4.87. The highest BCUT2D eigenvalue weighted by molar-refractivity contribution is 5.65. The molecule has 0 saturated carbocycles. The Balaban J connectivity index is 0.00000208. The molecule has 0 saturated heterocycles. The van der Waals surface area contributed by atoms with Crippen LogP contribution >= 0.6 is 0 Å². The maximum atomic E-state index is 5.69. The minimum absolute atomic E-state index is 0. The summed E-state index contributed by atoms with van der Waals surface area (Å²) in [5, 5.41) is 0. The van der Waals surface area contributed by atoms with Gasteiger partial charge in [-0.1, -0.05) is 60.7 Å². The fraction of sp³-hybridized carbons (Fsp3) is 0.333. The van der Waals surface area contributed by atoms with Crippen molar-refractivity contribution in [2.75, 3.05) is 26.7 Å². The lowest BCUT2D eigenvalue weighted by molar-refractivity contribution is -0.895. The zero-order valence-electron chi connectivity index (χ0n) is 14.2. The Kier molecular flexibility index (Phi) is 7.51. The van der Waals surface area contributed by atoms with E-state index in [1.165, 1.54) is 29.7 Å².